The van der Waals surface area contributed by atoms with Crippen molar-refractivity contribution < 1.29 is 9.84 Å². The van der Waals surface area contributed by atoms with Gasteiger partial charge in [-0.3, -0.25) is 0 Å². The maximum Gasteiger partial charge on any atom is 0.119 e. The summed E-state index contributed by atoms with van der Waals surface area (Å²) in [5.74, 6) is 1.70. The van der Waals surface area contributed by atoms with E-state index in [2.05, 4.69) is 6.07 Å². The third-order valence-electron chi connectivity index (χ3n) is 3.58. The molecule has 1 aromatic rings. The first-order chi connectivity index (χ1) is 7.83. The molecule has 2 aliphatic rings. The lowest BCUT2D eigenvalue weighted by Crippen LogP contribution is -2.09. The third-order valence-corrected chi connectivity index (χ3v) is 3.58. The molecule has 3 rings (SSSR count). The number of aliphatic hydroxyl groups excluding tert-OH is 1. The van der Waals surface area contributed by atoms with Crippen molar-refractivity contribution in [1.29, 1.82) is 0 Å². The number of ether oxygens (including phenoxy) is 1. The van der Waals surface area contributed by atoms with Gasteiger partial charge in [0, 0.05) is 0 Å². The number of benzene rings is 1. The minimum Gasteiger partial charge on any atom is -0.493 e. The van der Waals surface area contributed by atoms with E-state index < -0.39 is 0 Å². The summed E-state index contributed by atoms with van der Waals surface area (Å²) in [6, 6.07) is 6.18. The molecular formula is C14H18O2. The van der Waals surface area contributed by atoms with Crippen LogP contribution in [0.2, 0.25) is 0 Å². The smallest absolute Gasteiger partial charge is 0.119 e. The average Bonchev–Trinajstić information content (AvgIpc) is 3.11. The van der Waals surface area contributed by atoms with E-state index in [9.17, 15) is 5.11 Å². The highest BCUT2D eigenvalue weighted by Gasteiger charge is 2.23. The van der Waals surface area contributed by atoms with Crippen LogP contribution in [0.3, 0.4) is 0 Å². The van der Waals surface area contributed by atoms with Gasteiger partial charge in [0.2, 0.25) is 0 Å². The average molecular weight is 218 g/mol. The van der Waals surface area contributed by atoms with Crippen LogP contribution < -0.4 is 4.74 Å². The summed E-state index contributed by atoms with van der Waals surface area (Å²) in [6.45, 7) is 0.842. The summed E-state index contributed by atoms with van der Waals surface area (Å²) in [5, 5.41) is 9.92. The van der Waals surface area contributed by atoms with Crippen LogP contribution in [0.5, 0.6) is 5.75 Å². The Morgan fingerprint density at radius 1 is 1.25 bits per heavy atom. The molecule has 1 fully saturated rings. The molecule has 0 heterocycles. The van der Waals surface area contributed by atoms with Gasteiger partial charge in [-0.1, -0.05) is 6.07 Å². The van der Waals surface area contributed by atoms with Crippen LogP contribution in [0.1, 0.15) is 42.9 Å². The summed E-state index contributed by atoms with van der Waals surface area (Å²) in [4.78, 5) is 0. The molecule has 0 radical (unpaired) electrons. The van der Waals surface area contributed by atoms with Crippen LogP contribution in [0.15, 0.2) is 18.2 Å². The van der Waals surface area contributed by atoms with Crippen LogP contribution in [-0.4, -0.2) is 11.7 Å². The Kier molecular flexibility index (Phi) is 2.60. The number of rotatable bonds is 3. The number of hydrogen-bond acceptors (Lipinski definition) is 2. The SMILES string of the molecule is O[C@@H]1CCCc2ccc(OCC3CC3)cc21. The Balaban J connectivity index is 1.76. The topological polar surface area (TPSA) is 29.5 Å². The Labute approximate surface area is 96.2 Å². The van der Waals surface area contributed by atoms with Gasteiger partial charge in [-0.2, -0.15) is 0 Å². The molecule has 0 aromatic heterocycles. The summed E-state index contributed by atoms with van der Waals surface area (Å²) in [5.41, 5.74) is 2.37. The van der Waals surface area contributed by atoms with Crippen molar-refractivity contribution in [3.8, 4) is 5.75 Å². The van der Waals surface area contributed by atoms with Crippen LogP contribution in [-0.2, 0) is 6.42 Å². The Bertz CT molecular complexity index is 382. The highest BCUT2D eigenvalue weighted by atomic mass is 16.5. The molecule has 2 heteroatoms. The van der Waals surface area contributed by atoms with Crippen molar-refractivity contribution in [1.82, 2.24) is 0 Å². The van der Waals surface area contributed by atoms with Gasteiger partial charge in [0.15, 0.2) is 0 Å². The summed E-state index contributed by atoms with van der Waals surface area (Å²) >= 11 is 0. The molecule has 1 N–H and O–H groups in total. The van der Waals surface area contributed by atoms with Gasteiger partial charge in [-0.15, -0.1) is 0 Å². The van der Waals surface area contributed by atoms with E-state index in [0.717, 1.165) is 43.1 Å². The van der Waals surface area contributed by atoms with Gasteiger partial charge < -0.3 is 9.84 Å². The van der Waals surface area contributed by atoms with Crippen LogP contribution in [0.4, 0.5) is 0 Å². The van der Waals surface area contributed by atoms with Crippen molar-refractivity contribution in [2.45, 2.75) is 38.2 Å². The summed E-state index contributed by atoms with van der Waals surface area (Å²) in [7, 11) is 0. The first-order valence-corrected chi connectivity index (χ1v) is 6.26. The fourth-order valence-electron chi connectivity index (χ4n) is 2.34. The number of aryl methyl sites for hydroxylation is 1. The molecular weight excluding hydrogens is 200 g/mol. The van der Waals surface area contributed by atoms with Gasteiger partial charge in [0.1, 0.15) is 5.75 Å². The zero-order chi connectivity index (χ0) is 11.0. The van der Waals surface area contributed by atoms with Gasteiger partial charge in [-0.05, 0) is 61.3 Å². The maximum absolute atomic E-state index is 9.92. The lowest BCUT2D eigenvalue weighted by molar-refractivity contribution is 0.156. The number of hydrogen-bond donors (Lipinski definition) is 1. The standard InChI is InChI=1S/C14H18O2/c15-14-3-1-2-11-6-7-12(8-13(11)14)16-9-10-4-5-10/h6-8,10,14-15H,1-5,9H2/t14-/m1/s1. The molecule has 0 aliphatic heterocycles. The monoisotopic (exact) mass is 218 g/mol. The van der Waals surface area contributed by atoms with E-state index >= 15 is 0 Å². The quantitative estimate of drug-likeness (QED) is 0.845. The first-order valence-electron chi connectivity index (χ1n) is 6.26. The van der Waals surface area contributed by atoms with Crippen LogP contribution in [0.25, 0.3) is 0 Å². The molecule has 86 valence electrons. The van der Waals surface area contributed by atoms with E-state index in [4.69, 9.17) is 4.74 Å². The maximum atomic E-state index is 9.92. The summed E-state index contributed by atoms with van der Waals surface area (Å²) < 4.78 is 5.73. The highest BCUT2D eigenvalue weighted by molar-refractivity contribution is 5.38. The fourth-order valence-corrected chi connectivity index (χ4v) is 2.34. The molecule has 0 bridgehead atoms. The first kappa shape index (κ1) is 10.2. The molecule has 1 saturated carbocycles. The van der Waals surface area contributed by atoms with Gasteiger partial charge in [0.05, 0.1) is 12.7 Å². The van der Waals surface area contributed by atoms with Gasteiger partial charge in [0.25, 0.3) is 0 Å². The van der Waals surface area contributed by atoms with Crippen molar-refractivity contribution in [3.63, 3.8) is 0 Å². The molecule has 0 saturated heterocycles. The third kappa shape index (κ3) is 2.07. The zero-order valence-electron chi connectivity index (χ0n) is 9.48. The van der Waals surface area contributed by atoms with Crippen LogP contribution >= 0.6 is 0 Å². The zero-order valence-corrected chi connectivity index (χ0v) is 9.48. The molecule has 0 amide bonds. The minimum atomic E-state index is -0.284. The second-order valence-electron chi connectivity index (χ2n) is 5.02. The molecule has 0 spiro atoms. The van der Waals surface area contributed by atoms with Crippen molar-refractivity contribution in [3.05, 3.63) is 29.3 Å². The predicted octanol–water partition coefficient (Wildman–Crippen LogP) is 2.85. The predicted molar refractivity (Wildman–Crippen MR) is 62.6 cm³/mol. The second-order valence-corrected chi connectivity index (χ2v) is 5.02. The normalized spacial score (nSPS) is 23.9. The lowest BCUT2D eigenvalue weighted by atomic mass is 9.89. The largest absolute Gasteiger partial charge is 0.493 e. The van der Waals surface area contributed by atoms with Crippen LogP contribution in [0, 0.1) is 5.92 Å². The van der Waals surface area contributed by atoms with E-state index in [1.807, 2.05) is 12.1 Å². The Morgan fingerprint density at radius 3 is 2.94 bits per heavy atom. The fraction of sp³-hybridized carbons (Fsp3) is 0.571. The van der Waals surface area contributed by atoms with Crippen molar-refractivity contribution in [2.24, 2.45) is 5.92 Å². The van der Waals surface area contributed by atoms with E-state index in [1.165, 1.54) is 18.4 Å². The van der Waals surface area contributed by atoms with E-state index in [-0.39, 0.29) is 6.10 Å². The molecule has 1 aromatic carbocycles. The van der Waals surface area contributed by atoms with Gasteiger partial charge >= 0.3 is 0 Å². The number of fused-ring (bicyclic) bond motifs is 1. The molecule has 0 unspecified atom stereocenters. The Hall–Kier alpha value is -1.02. The number of aliphatic hydroxyl groups is 1. The molecule has 16 heavy (non-hydrogen) atoms. The molecule has 1 atom stereocenters. The van der Waals surface area contributed by atoms with Crippen molar-refractivity contribution in [2.75, 3.05) is 6.61 Å². The lowest BCUT2D eigenvalue weighted by Gasteiger charge is -2.21. The van der Waals surface area contributed by atoms with Crippen molar-refractivity contribution >= 4 is 0 Å². The molecule has 2 aliphatic carbocycles. The summed E-state index contributed by atoms with van der Waals surface area (Å²) in [6.07, 6.45) is 5.42. The highest BCUT2D eigenvalue weighted by Crippen LogP contribution is 2.33. The second kappa shape index (κ2) is 4.10. The minimum absolute atomic E-state index is 0.284. The van der Waals surface area contributed by atoms with E-state index in [1.54, 1.807) is 0 Å². The Morgan fingerprint density at radius 2 is 2.12 bits per heavy atom. The van der Waals surface area contributed by atoms with E-state index in [0.29, 0.717) is 0 Å². The van der Waals surface area contributed by atoms with Gasteiger partial charge in [-0.25, -0.2) is 0 Å². The molecule has 2 nitrogen and oxygen atoms in total.